The first kappa shape index (κ1) is 18.5. The number of rotatable bonds is 4. The maximum Gasteiger partial charge on any atom is 0.203 e. The third-order valence-electron chi connectivity index (χ3n) is 4.99. The number of ether oxygens (including phenoxy) is 3. The highest BCUT2D eigenvalue weighted by atomic mass is 32.1. The van der Waals surface area contributed by atoms with E-state index in [1.165, 1.54) is 0 Å². The molecule has 0 saturated carbocycles. The molecule has 4 rings (SSSR count). The summed E-state index contributed by atoms with van der Waals surface area (Å²) in [5.41, 5.74) is 2.87. The summed E-state index contributed by atoms with van der Waals surface area (Å²) in [7, 11) is 6.71. The molecule has 1 aliphatic heterocycles. The highest BCUT2D eigenvalue weighted by molar-refractivity contribution is 7.71. The van der Waals surface area contributed by atoms with Crippen molar-refractivity contribution in [2.24, 2.45) is 7.05 Å². The largest absolute Gasteiger partial charge is 0.493 e. The van der Waals surface area contributed by atoms with Gasteiger partial charge in [-0.3, -0.25) is 4.68 Å². The first-order valence-electron chi connectivity index (χ1n) is 9.01. The van der Waals surface area contributed by atoms with Crippen molar-refractivity contribution in [3.63, 3.8) is 0 Å². The Morgan fingerprint density at radius 1 is 1.11 bits per heavy atom. The Labute approximate surface area is 168 Å². The molecule has 7 nitrogen and oxygen atoms in total. The molecular weight excluding hydrogens is 376 g/mol. The van der Waals surface area contributed by atoms with E-state index >= 15 is 0 Å². The van der Waals surface area contributed by atoms with Gasteiger partial charge in [-0.05, 0) is 42.2 Å². The van der Waals surface area contributed by atoms with Gasteiger partial charge in [0.05, 0.1) is 32.9 Å². The summed E-state index contributed by atoms with van der Waals surface area (Å²) in [6, 6.07) is 3.87. The lowest BCUT2D eigenvalue weighted by Crippen LogP contribution is -2.15. The predicted molar refractivity (Wildman–Crippen MR) is 111 cm³/mol. The molecule has 0 saturated heterocycles. The maximum absolute atomic E-state index is 5.71. The summed E-state index contributed by atoms with van der Waals surface area (Å²) >= 11 is 5.71. The van der Waals surface area contributed by atoms with Gasteiger partial charge >= 0.3 is 0 Å². The monoisotopic (exact) mass is 398 g/mol. The van der Waals surface area contributed by atoms with Gasteiger partial charge in [-0.2, -0.15) is 5.10 Å². The van der Waals surface area contributed by atoms with Gasteiger partial charge < -0.3 is 18.8 Å². The summed E-state index contributed by atoms with van der Waals surface area (Å²) in [4.78, 5) is 4.87. The maximum atomic E-state index is 5.71. The topological polar surface area (TPSA) is 63.3 Å². The molecule has 0 radical (unpaired) electrons. The van der Waals surface area contributed by atoms with Crippen LogP contribution in [0.1, 0.15) is 24.2 Å². The molecule has 8 heteroatoms. The first-order valence-corrected chi connectivity index (χ1v) is 9.41. The Bertz CT molecular complexity index is 1120. The molecule has 2 aromatic heterocycles. The Balaban J connectivity index is 1.89. The summed E-state index contributed by atoms with van der Waals surface area (Å²) in [6.07, 6.45) is 5.82. The fourth-order valence-electron chi connectivity index (χ4n) is 3.63. The van der Waals surface area contributed by atoms with Crippen molar-refractivity contribution < 1.29 is 14.2 Å². The number of methoxy groups -OCH3 is 3. The van der Waals surface area contributed by atoms with Gasteiger partial charge in [-0.1, -0.05) is 12.2 Å². The Hall–Kier alpha value is -2.87. The van der Waals surface area contributed by atoms with E-state index in [0.717, 1.165) is 52.0 Å². The van der Waals surface area contributed by atoms with Crippen LogP contribution < -0.4 is 14.2 Å². The average molecular weight is 398 g/mol. The van der Waals surface area contributed by atoms with E-state index in [9.17, 15) is 0 Å². The van der Waals surface area contributed by atoms with Gasteiger partial charge in [-0.15, -0.1) is 0 Å². The minimum Gasteiger partial charge on any atom is -0.493 e. The standard InChI is InChI=1S/C20H22N4O3S/c1-23-19-14(11-21-23)20(28)24-7-5-6-13(18(24)22-19)8-12-9-15(25-2)17(27-4)16(10-12)26-3/h8-11H,5-7H2,1-4H3/b13-8+. The molecule has 0 atom stereocenters. The van der Waals surface area contributed by atoms with Crippen molar-refractivity contribution in [2.45, 2.75) is 19.4 Å². The molecule has 0 N–H and O–H groups in total. The highest BCUT2D eigenvalue weighted by Gasteiger charge is 2.20. The molecule has 1 aliphatic rings. The lowest BCUT2D eigenvalue weighted by atomic mass is 10.0. The molecule has 0 bridgehead atoms. The van der Waals surface area contributed by atoms with Gasteiger partial charge in [0, 0.05) is 13.6 Å². The number of aryl methyl sites for hydroxylation is 1. The van der Waals surface area contributed by atoms with E-state index in [1.54, 1.807) is 32.2 Å². The van der Waals surface area contributed by atoms with Gasteiger partial charge in [-0.25, -0.2) is 4.98 Å². The second kappa shape index (κ2) is 7.27. The number of benzene rings is 1. The zero-order valence-electron chi connectivity index (χ0n) is 16.4. The lowest BCUT2D eigenvalue weighted by Gasteiger charge is -2.21. The van der Waals surface area contributed by atoms with Crippen molar-refractivity contribution >= 4 is 34.9 Å². The van der Waals surface area contributed by atoms with Crippen LogP contribution in [0, 0.1) is 4.64 Å². The van der Waals surface area contributed by atoms with Crippen LogP contribution in [0.4, 0.5) is 0 Å². The minimum atomic E-state index is 0.577. The van der Waals surface area contributed by atoms with Crippen LogP contribution in [0.2, 0.25) is 0 Å². The van der Waals surface area contributed by atoms with Crippen molar-refractivity contribution in [3.05, 3.63) is 34.4 Å². The number of hydrogen-bond acceptors (Lipinski definition) is 6. The first-order chi connectivity index (χ1) is 13.6. The van der Waals surface area contributed by atoms with Crippen LogP contribution in [-0.4, -0.2) is 40.7 Å². The molecule has 0 amide bonds. The Kier molecular flexibility index (Phi) is 4.80. The normalized spacial score (nSPS) is 14.9. The molecule has 146 valence electrons. The Morgan fingerprint density at radius 2 is 1.82 bits per heavy atom. The molecule has 0 fully saturated rings. The van der Waals surface area contributed by atoms with Crippen LogP contribution in [0.5, 0.6) is 17.2 Å². The van der Waals surface area contributed by atoms with E-state index in [2.05, 4.69) is 15.7 Å². The number of hydrogen-bond donors (Lipinski definition) is 0. The summed E-state index contributed by atoms with van der Waals surface area (Å²) in [5.74, 6) is 2.71. The average Bonchev–Trinajstić information content (AvgIpc) is 3.09. The molecule has 3 heterocycles. The van der Waals surface area contributed by atoms with Gasteiger partial charge in [0.2, 0.25) is 5.75 Å². The fourth-order valence-corrected chi connectivity index (χ4v) is 3.95. The van der Waals surface area contributed by atoms with E-state index in [1.807, 2.05) is 19.2 Å². The Morgan fingerprint density at radius 3 is 2.46 bits per heavy atom. The molecule has 28 heavy (non-hydrogen) atoms. The van der Waals surface area contributed by atoms with Gasteiger partial charge in [0.1, 0.15) is 10.5 Å². The zero-order valence-corrected chi connectivity index (χ0v) is 17.2. The quantitative estimate of drug-likeness (QED) is 0.622. The molecule has 0 aliphatic carbocycles. The SMILES string of the molecule is COc1cc(/C=C2\CCCn3c2nc2c(cnn2C)c3=S)cc(OC)c1OC. The molecule has 0 spiro atoms. The molecule has 0 unspecified atom stereocenters. The fraction of sp³-hybridized carbons (Fsp3) is 0.350. The molecule has 3 aromatic rings. The van der Waals surface area contributed by atoms with Crippen LogP contribution in [0.25, 0.3) is 22.7 Å². The van der Waals surface area contributed by atoms with E-state index in [0.29, 0.717) is 17.2 Å². The van der Waals surface area contributed by atoms with E-state index < -0.39 is 0 Å². The third-order valence-corrected chi connectivity index (χ3v) is 5.43. The van der Waals surface area contributed by atoms with Crippen LogP contribution >= 0.6 is 12.2 Å². The predicted octanol–water partition coefficient (Wildman–Crippen LogP) is 3.86. The van der Waals surface area contributed by atoms with Crippen molar-refractivity contribution in [3.8, 4) is 17.2 Å². The number of fused-ring (bicyclic) bond motifs is 2. The van der Waals surface area contributed by atoms with E-state index in [4.69, 9.17) is 31.4 Å². The van der Waals surface area contributed by atoms with Crippen molar-refractivity contribution in [2.75, 3.05) is 21.3 Å². The van der Waals surface area contributed by atoms with Crippen LogP contribution in [-0.2, 0) is 13.6 Å². The van der Waals surface area contributed by atoms with E-state index in [-0.39, 0.29) is 0 Å². The lowest BCUT2D eigenvalue weighted by molar-refractivity contribution is 0.324. The second-order valence-corrected chi connectivity index (χ2v) is 7.02. The third kappa shape index (κ3) is 2.93. The summed E-state index contributed by atoms with van der Waals surface area (Å²) in [5, 5.41) is 5.22. The summed E-state index contributed by atoms with van der Waals surface area (Å²) in [6.45, 7) is 0.860. The van der Waals surface area contributed by atoms with Crippen molar-refractivity contribution in [1.82, 2.24) is 19.3 Å². The highest BCUT2D eigenvalue weighted by Crippen LogP contribution is 2.39. The van der Waals surface area contributed by atoms with Gasteiger partial charge in [0.15, 0.2) is 17.1 Å². The summed E-state index contributed by atoms with van der Waals surface area (Å²) < 4.78 is 21.0. The second-order valence-electron chi connectivity index (χ2n) is 6.63. The number of aromatic nitrogens is 4. The van der Waals surface area contributed by atoms with Crippen LogP contribution in [0.3, 0.4) is 0 Å². The number of nitrogens with zero attached hydrogens (tertiary/aromatic N) is 4. The van der Waals surface area contributed by atoms with Crippen molar-refractivity contribution in [1.29, 1.82) is 0 Å². The zero-order chi connectivity index (χ0) is 19.8. The smallest absolute Gasteiger partial charge is 0.203 e. The van der Waals surface area contributed by atoms with Crippen LogP contribution in [0.15, 0.2) is 18.3 Å². The minimum absolute atomic E-state index is 0.577. The van der Waals surface area contributed by atoms with Gasteiger partial charge in [0.25, 0.3) is 0 Å². The number of allylic oxidation sites excluding steroid dienone is 1. The molecular formula is C20H22N4O3S. The molecule has 1 aromatic carbocycles.